The zero-order valence-electron chi connectivity index (χ0n) is 11.6. The summed E-state index contributed by atoms with van der Waals surface area (Å²) in [7, 11) is 0. The SMILES string of the molecule is CC1(C)CC(=O)N(Cc2ccc(N)cc2C(F)(F)F)C1=O. The second-order valence-corrected chi connectivity index (χ2v) is 5.76. The van der Waals surface area contributed by atoms with Gasteiger partial charge in [0.2, 0.25) is 11.8 Å². The van der Waals surface area contributed by atoms with Crippen LogP contribution in [-0.4, -0.2) is 16.7 Å². The Bertz CT molecular complexity index is 609. The molecule has 1 aliphatic heterocycles. The van der Waals surface area contributed by atoms with Crippen LogP contribution in [0.3, 0.4) is 0 Å². The van der Waals surface area contributed by atoms with Crippen molar-refractivity contribution in [3.05, 3.63) is 29.3 Å². The molecule has 114 valence electrons. The number of imide groups is 1. The second kappa shape index (κ2) is 4.75. The van der Waals surface area contributed by atoms with Crippen molar-refractivity contribution in [2.45, 2.75) is 33.0 Å². The van der Waals surface area contributed by atoms with Crippen molar-refractivity contribution in [2.24, 2.45) is 5.41 Å². The van der Waals surface area contributed by atoms with Crippen LogP contribution >= 0.6 is 0 Å². The Morgan fingerprint density at radius 3 is 2.38 bits per heavy atom. The second-order valence-electron chi connectivity index (χ2n) is 5.76. The number of benzene rings is 1. The predicted octanol–water partition coefficient (Wildman–Crippen LogP) is 2.57. The van der Waals surface area contributed by atoms with E-state index in [1.165, 1.54) is 12.1 Å². The van der Waals surface area contributed by atoms with Crippen molar-refractivity contribution in [3.8, 4) is 0 Å². The summed E-state index contributed by atoms with van der Waals surface area (Å²) in [6.07, 6.45) is -4.59. The van der Waals surface area contributed by atoms with Gasteiger partial charge in [-0.3, -0.25) is 14.5 Å². The molecule has 0 spiro atoms. The number of likely N-dealkylation sites (tertiary alicyclic amines) is 1. The Morgan fingerprint density at radius 1 is 1.29 bits per heavy atom. The van der Waals surface area contributed by atoms with Crippen LogP contribution in [0.25, 0.3) is 0 Å². The van der Waals surface area contributed by atoms with Crippen molar-refractivity contribution in [1.82, 2.24) is 4.90 Å². The summed E-state index contributed by atoms with van der Waals surface area (Å²) >= 11 is 0. The molecule has 0 aromatic heterocycles. The van der Waals surface area contributed by atoms with Gasteiger partial charge in [0, 0.05) is 12.1 Å². The Hall–Kier alpha value is -2.05. The Balaban J connectivity index is 2.37. The molecule has 1 heterocycles. The molecule has 0 radical (unpaired) electrons. The van der Waals surface area contributed by atoms with Crippen LogP contribution in [0.4, 0.5) is 18.9 Å². The highest BCUT2D eigenvalue weighted by atomic mass is 19.4. The van der Waals surface area contributed by atoms with E-state index in [0.29, 0.717) is 0 Å². The summed E-state index contributed by atoms with van der Waals surface area (Å²) in [6.45, 7) is 2.80. The first-order valence-corrected chi connectivity index (χ1v) is 6.33. The molecular weight excluding hydrogens is 285 g/mol. The number of hydrogen-bond donors (Lipinski definition) is 1. The number of amides is 2. The number of nitrogens with zero attached hydrogens (tertiary/aromatic N) is 1. The minimum absolute atomic E-state index is 0.00214. The number of alkyl halides is 3. The van der Waals surface area contributed by atoms with Gasteiger partial charge >= 0.3 is 6.18 Å². The molecule has 2 rings (SSSR count). The largest absolute Gasteiger partial charge is 0.416 e. The molecule has 21 heavy (non-hydrogen) atoms. The maximum absolute atomic E-state index is 13.0. The van der Waals surface area contributed by atoms with Gasteiger partial charge in [0.25, 0.3) is 0 Å². The topological polar surface area (TPSA) is 63.4 Å². The fraction of sp³-hybridized carbons (Fsp3) is 0.429. The van der Waals surface area contributed by atoms with E-state index >= 15 is 0 Å². The Kier molecular flexibility index (Phi) is 3.47. The lowest BCUT2D eigenvalue weighted by molar-refractivity contribution is -0.144. The molecule has 2 amide bonds. The molecule has 1 aromatic rings. The summed E-state index contributed by atoms with van der Waals surface area (Å²) in [4.78, 5) is 24.8. The van der Waals surface area contributed by atoms with Crippen LogP contribution in [0.1, 0.15) is 31.4 Å². The molecular formula is C14H15F3N2O2. The zero-order chi connectivity index (χ0) is 16.0. The maximum atomic E-state index is 13.0. The number of carbonyl (C=O) groups is 2. The van der Waals surface area contributed by atoms with Crippen molar-refractivity contribution >= 4 is 17.5 Å². The fourth-order valence-electron chi connectivity index (χ4n) is 2.35. The van der Waals surface area contributed by atoms with Crippen molar-refractivity contribution < 1.29 is 22.8 Å². The van der Waals surface area contributed by atoms with E-state index in [1.807, 2.05) is 0 Å². The summed E-state index contributed by atoms with van der Waals surface area (Å²) in [5, 5.41) is 0. The maximum Gasteiger partial charge on any atom is 0.416 e. The smallest absolute Gasteiger partial charge is 0.399 e. The van der Waals surface area contributed by atoms with E-state index in [9.17, 15) is 22.8 Å². The van der Waals surface area contributed by atoms with Gasteiger partial charge in [0.05, 0.1) is 17.5 Å². The highest BCUT2D eigenvalue weighted by molar-refractivity contribution is 6.05. The van der Waals surface area contributed by atoms with Crippen LogP contribution in [0.5, 0.6) is 0 Å². The van der Waals surface area contributed by atoms with E-state index in [0.717, 1.165) is 11.0 Å². The van der Waals surface area contributed by atoms with Crippen LogP contribution in [-0.2, 0) is 22.3 Å². The van der Waals surface area contributed by atoms with Gasteiger partial charge in [0.15, 0.2) is 0 Å². The first-order valence-electron chi connectivity index (χ1n) is 6.33. The Labute approximate surface area is 119 Å². The molecule has 4 nitrogen and oxygen atoms in total. The molecule has 0 atom stereocenters. The van der Waals surface area contributed by atoms with E-state index in [2.05, 4.69) is 0 Å². The predicted molar refractivity (Wildman–Crippen MR) is 69.8 cm³/mol. The molecule has 1 fully saturated rings. The van der Waals surface area contributed by atoms with Crippen molar-refractivity contribution in [1.29, 1.82) is 0 Å². The zero-order valence-corrected chi connectivity index (χ0v) is 11.6. The molecule has 0 bridgehead atoms. The monoisotopic (exact) mass is 300 g/mol. The average Bonchev–Trinajstić information content (AvgIpc) is 2.52. The van der Waals surface area contributed by atoms with Gasteiger partial charge in [-0.05, 0) is 17.7 Å². The van der Waals surface area contributed by atoms with E-state index in [-0.39, 0.29) is 17.7 Å². The van der Waals surface area contributed by atoms with Crippen LogP contribution < -0.4 is 5.73 Å². The first-order chi connectivity index (χ1) is 9.52. The molecule has 2 N–H and O–H groups in total. The van der Waals surface area contributed by atoms with Gasteiger partial charge in [-0.15, -0.1) is 0 Å². The molecule has 1 aromatic carbocycles. The fourth-order valence-corrected chi connectivity index (χ4v) is 2.35. The summed E-state index contributed by atoms with van der Waals surface area (Å²) in [6, 6.07) is 3.33. The lowest BCUT2D eigenvalue weighted by Crippen LogP contribution is -2.33. The summed E-state index contributed by atoms with van der Waals surface area (Å²) in [5.74, 6) is -0.924. The standard InChI is InChI=1S/C14H15F3N2O2/c1-13(2)6-11(20)19(12(13)21)7-8-3-4-9(18)5-10(8)14(15,16)17/h3-5H,6-7,18H2,1-2H3. The number of rotatable bonds is 2. The molecule has 0 unspecified atom stereocenters. The number of halogens is 3. The van der Waals surface area contributed by atoms with Gasteiger partial charge in [0.1, 0.15) is 0 Å². The lowest BCUT2D eigenvalue weighted by Gasteiger charge is -2.20. The molecule has 1 saturated heterocycles. The van der Waals surface area contributed by atoms with Gasteiger partial charge in [-0.2, -0.15) is 13.2 Å². The number of nitrogens with two attached hydrogens (primary N) is 1. The third kappa shape index (κ3) is 2.86. The minimum Gasteiger partial charge on any atom is -0.399 e. The van der Waals surface area contributed by atoms with Crippen LogP contribution in [0.15, 0.2) is 18.2 Å². The number of anilines is 1. The number of nitrogen functional groups attached to an aromatic ring is 1. The van der Waals surface area contributed by atoms with Crippen LogP contribution in [0.2, 0.25) is 0 Å². The summed E-state index contributed by atoms with van der Waals surface area (Å²) in [5.41, 5.74) is 3.42. The molecule has 7 heteroatoms. The number of hydrogen-bond acceptors (Lipinski definition) is 3. The van der Waals surface area contributed by atoms with E-state index in [4.69, 9.17) is 5.73 Å². The molecule has 0 aliphatic carbocycles. The minimum atomic E-state index is -4.59. The quantitative estimate of drug-likeness (QED) is 0.674. The lowest BCUT2D eigenvalue weighted by atomic mass is 9.92. The first kappa shape index (κ1) is 15.3. The van der Waals surface area contributed by atoms with E-state index < -0.39 is 35.5 Å². The summed E-state index contributed by atoms with van der Waals surface area (Å²) < 4.78 is 39.0. The number of carbonyl (C=O) groups excluding carboxylic acids is 2. The van der Waals surface area contributed by atoms with Crippen LogP contribution in [0, 0.1) is 5.41 Å². The highest BCUT2D eigenvalue weighted by Gasteiger charge is 2.45. The third-order valence-electron chi connectivity index (χ3n) is 3.49. The van der Waals surface area contributed by atoms with E-state index in [1.54, 1.807) is 13.8 Å². The molecule has 0 saturated carbocycles. The van der Waals surface area contributed by atoms with Crippen molar-refractivity contribution in [2.75, 3.05) is 5.73 Å². The van der Waals surface area contributed by atoms with Gasteiger partial charge < -0.3 is 5.73 Å². The average molecular weight is 300 g/mol. The van der Waals surface area contributed by atoms with Crippen molar-refractivity contribution in [3.63, 3.8) is 0 Å². The highest BCUT2D eigenvalue weighted by Crippen LogP contribution is 2.37. The normalized spacial score (nSPS) is 18.4. The Morgan fingerprint density at radius 2 is 1.90 bits per heavy atom. The van der Waals surface area contributed by atoms with Gasteiger partial charge in [-0.25, -0.2) is 0 Å². The van der Waals surface area contributed by atoms with Gasteiger partial charge in [-0.1, -0.05) is 19.9 Å². The third-order valence-corrected chi connectivity index (χ3v) is 3.49. The molecule has 1 aliphatic rings.